The van der Waals surface area contributed by atoms with Crippen LogP contribution in [0.5, 0.6) is 0 Å². The highest BCUT2D eigenvalue weighted by Gasteiger charge is 2.11. The maximum atomic E-state index is 7.69. The van der Waals surface area contributed by atoms with Crippen molar-refractivity contribution in [2.75, 3.05) is 0 Å². The molecule has 0 radical (unpaired) electrons. The third-order valence-electron chi connectivity index (χ3n) is 4.55. The summed E-state index contributed by atoms with van der Waals surface area (Å²) in [4.78, 5) is 0. The molecule has 5 nitrogen and oxygen atoms in total. The topological polar surface area (TPSA) is 107 Å². The molecule has 1 aromatic heterocycles. The summed E-state index contributed by atoms with van der Waals surface area (Å²) < 4.78 is 2.36. The lowest BCUT2D eigenvalue weighted by Gasteiger charge is -2.08. The molecule has 0 spiro atoms. The quantitative estimate of drug-likeness (QED) is 0.197. The van der Waals surface area contributed by atoms with Gasteiger partial charge in [0.25, 0.3) is 0 Å². The monoisotopic (exact) mass is 345 g/mol. The van der Waals surface area contributed by atoms with Gasteiger partial charge in [0, 0.05) is 33.9 Å². The molecule has 0 fully saturated rings. The second-order valence-electron chi connectivity index (χ2n) is 6.05. The van der Waals surface area contributed by atoms with Crippen LogP contribution in [0.4, 0.5) is 0 Å². The van der Waals surface area contributed by atoms with Crippen LogP contribution in [0.25, 0.3) is 21.8 Å². The first-order valence-corrected chi connectivity index (χ1v) is 8.47. The van der Waals surface area contributed by atoms with Crippen molar-refractivity contribution >= 4 is 27.6 Å². The summed E-state index contributed by atoms with van der Waals surface area (Å²) in [7, 11) is 0. The van der Waals surface area contributed by atoms with Crippen LogP contribution < -0.4 is 17.4 Å². The third-order valence-corrected chi connectivity index (χ3v) is 4.55. The fraction of sp³-hybridized carbons (Fsp3) is 0.0952. The van der Waals surface area contributed by atoms with Crippen LogP contribution in [0.15, 0.2) is 72.8 Å². The molecule has 0 unspecified atom stereocenters. The van der Waals surface area contributed by atoms with Gasteiger partial charge in [0.05, 0.1) is 0 Å². The molecule has 0 aliphatic rings. The minimum Gasteiger partial charge on any atom is -0.384 e. The van der Waals surface area contributed by atoms with Crippen molar-refractivity contribution in [3.05, 3.63) is 83.9 Å². The minimum atomic E-state index is 0.109. The zero-order chi connectivity index (χ0) is 18.5. The van der Waals surface area contributed by atoms with E-state index in [-0.39, 0.29) is 5.84 Å². The molecule has 26 heavy (non-hydrogen) atoms. The molecular formula is C21H23N5. The molecule has 0 saturated heterocycles. The van der Waals surface area contributed by atoms with Gasteiger partial charge in [0.1, 0.15) is 5.84 Å². The molecule has 3 aromatic carbocycles. The molecular weight excluding hydrogens is 322 g/mol. The Balaban J connectivity index is 0.000000948. The molecule has 5 heteroatoms. The van der Waals surface area contributed by atoms with Crippen LogP contribution in [0, 0.1) is 5.41 Å². The highest BCUT2D eigenvalue weighted by molar-refractivity contribution is 6.10. The number of para-hydroxylation sites is 1. The largest absolute Gasteiger partial charge is 0.384 e. The molecule has 0 amide bonds. The highest BCUT2D eigenvalue weighted by atomic mass is 15.0. The number of nitrogen functional groups attached to an aromatic ring is 1. The molecule has 132 valence electrons. The van der Waals surface area contributed by atoms with E-state index in [0.717, 1.165) is 23.9 Å². The number of fused-ring (bicyclic) bond motifs is 3. The zero-order valence-electron chi connectivity index (χ0n) is 14.5. The minimum absolute atomic E-state index is 0.109. The second-order valence-corrected chi connectivity index (χ2v) is 6.05. The maximum Gasteiger partial charge on any atom is 0.122 e. The number of hydrogen-bond acceptors (Lipinski definition) is 3. The Morgan fingerprint density at radius 3 is 2.19 bits per heavy atom. The number of nitrogens with zero attached hydrogens (tertiary/aromatic N) is 1. The van der Waals surface area contributed by atoms with Crippen LogP contribution in [0.2, 0.25) is 0 Å². The molecule has 0 saturated carbocycles. The Bertz CT molecular complexity index is 1030. The van der Waals surface area contributed by atoms with E-state index in [0.29, 0.717) is 0 Å². The average Bonchev–Trinajstić information content (AvgIpc) is 3.02. The molecule has 7 N–H and O–H groups in total. The lowest BCUT2D eigenvalue weighted by atomic mass is 10.1. The van der Waals surface area contributed by atoms with Crippen LogP contribution in [0.1, 0.15) is 11.1 Å². The van der Waals surface area contributed by atoms with Gasteiger partial charge in [-0.25, -0.2) is 0 Å². The first kappa shape index (κ1) is 17.7. The summed E-state index contributed by atoms with van der Waals surface area (Å²) in [5.41, 5.74) is 10.2. The fourth-order valence-corrected chi connectivity index (χ4v) is 3.35. The molecule has 0 atom stereocenters. The van der Waals surface area contributed by atoms with Crippen molar-refractivity contribution in [1.82, 2.24) is 4.57 Å². The van der Waals surface area contributed by atoms with Gasteiger partial charge in [-0.05, 0) is 36.2 Å². The molecule has 1 heterocycles. The van der Waals surface area contributed by atoms with Crippen molar-refractivity contribution < 1.29 is 0 Å². The number of hydrazine groups is 1. The van der Waals surface area contributed by atoms with Gasteiger partial charge in [-0.2, -0.15) is 0 Å². The van der Waals surface area contributed by atoms with E-state index in [9.17, 15) is 0 Å². The van der Waals surface area contributed by atoms with Gasteiger partial charge in [-0.15, -0.1) is 0 Å². The van der Waals surface area contributed by atoms with Gasteiger partial charge < -0.3 is 10.3 Å². The number of nitrogens with one attached hydrogen (secondary N) is 1. The van der Waals surface area contributed by atoms with Gasteiger partial charge in [-0.3, -0.25) is 17.1 Å². The summed E-state index contributed by atoms with van der Waals surface area (Å²) in [5.74, 6) is 8.11. The Kier molecular flexibility index (Phi) is 5.31. The highest BCUT2D eigenvalue weighted by Crippen LogP contribution is 2.30. The number of hydrogen-bond donors (Lipinski definition) is 4. The van der Waals surface area contributed by atoms with E-state index in [4.69, 9.17) is 11.1 Å². The number of rotatable bonds is 4. The first-order chi connectivity index (χ1) is 12.7. The van der Waals surface area contributed by atoms with E-state index in [1.165, 1.54) is 22.0 Å². The second kappa shape index (κ2) is 7.82. The summed E-state index contributed by atoms with van der Waals surface area (Å²) in [6.07, 6.45) is 0.989. The zero-order valence-corrected chi connectivity index (χ0v) is 14.5. The number of amidine groups is 1. The van der Waals surface area contributed by atoms with Gasteiger partial charge in [-0.1, -0.05) is 48.5 Å². The van der Waals surface area contributed by atoms with Crippen LogP contribution >= 0.6 is 0 Å². The summed E-state index contributed by atoms with van der Waals surface area (Å²) in [6.45, 7) is 0.924. The van der Waals surface area contributed by atoms with Crippen molar-refractivity contribution in [3.8, 4) is 0 Å². The van der Waals surface area contributed by atoms with Crippen molar-refractivity contribution in [2.45, 2.75) is 13.0 Å². The molecule has 4 aromatic rings. The number of aryl methyl sites for hydroxylation is 2. The maximum absolute atomic E-state index is 7.69. The molecule has 0 aliphatic carbocycles. The average molecular weight is 345 g/mol. The standard InChI is InChI=1S/C21H19N3.H4N2/c22-21(23)16-10-11-20-18(14-16)17-8-4-5-9-19(17)24(20)13-12-15-6-2-1-3-7-15;1-2/h1-11,14H,12-13H2,(H3,22,23);1-2H2. The van der Waals surface area contributed by atoms with Crippen LogP contribution in [-0.2, 0) is 13.0 Å². The first-order valence-electron chi connectivity index (χ1n) is 8.47. The van der Waals surface area contributed by atoms with Gasteiger partial charge >= 0.3 is 0 Å². The molecule has 0 bridgehead atoms. The Labute approximate surface area is 152 Å². The predicted molar refractivity (Wildman–Crippen MR) is 109 cm³/mol. The number of benzene rings is 3. The normalized spacial score (nSPS) is 10.5. The van der Waals surface area contributed by atoms with E-state index >= 15 is 0 Å². The Morgan fingerprint density at radius 1 is 0.808 bits per heavy atom. The van der Waals surface area contributed by atoms with Crippen molar-refractivity contribution in [2.24, 2.45) is 17.4 Å². The van der Waals surface area contributed by atoms with E-state index < -0.39 is 0 Å². The smallest absolute Gasteiger partial charge is 0.122 e. The lowest BCUT2D eigenvalue weighted by Crippen LogP contribution is -2.10. The summed E-state index contributed by atoms with van der Waals surface area (Å²) >= 11 is 0. The SMILES string of the molecule is N=C(N)c1ccc2c(c1)c1ccccc1n2CCc1ccccc1.NN. The van der Waals surface area contributed by atoms with Crippen LogP contribution in [-0.4, -0.2) is 10.4 Å². The molecule has 4 rings (SSSR count). The number of nitrogens with two attached hydrogens (primary N) is 3. The van der Waals surface area contributed by atoms with Crippen molar-refractivity contribution in [3.63, 3.8) is 0 Å². The van der Waals surface area contributed by atoms with Crippen molar-refractivity contribution in [1.29, 1.82) is 5.41 Å². The summed E-state index contributed by atoms with van der Waals surface area (Å²) in [6, 6.07) is 25.0. The fourth-order valence-electron chi connectivity index (χ4n) is 3.35. The Morgan fingerprint density at radius 2 is 1.46 bits per heavy atom. The van der Waals surface area contributed by atoms with Gasteiger partial charge in [0.2, 0.25) is 0 Å². The molecule has 0 aliphatic heterocycles. The van der Waals surface area contributed by atoms with E-state index in [2.05, 4.69) is 70.8 Å². The summed E-state index contributed by atoms with van der Waals surface area (Å²) in [5, 5.41) is 10.1. The lowest BCUT2D eigenvalue weighted by molar-refractivity contribution is 0.745. The third kappa shape index (κ3) is 3.31. The van der Waals surface area contributed by atoms with Crippen LogP contribution in [0.3, 0.4) is 0 Å². The van der Waals surface area contributed by atoms with E-state index in [1.807, 2.05) is 18.2 Å². The predicted octanol–water partition coefficient (Wildman–Crippen LogP) is 3.14. The van der Waals surface area contributed by atoms with E-state index in [1.54, 1.807) is 0 Å². The Hall–Kier alpha value is -3.15. The number of aromatic nitrogens is 1. The van der Waals surface area contributed by atoms with Gasteiger partial charge in [0.15, 0.2) is 0 Å².